The zero-order valence-electron chi connectivity index (χ0n) is 18.5. The molecule has 4 heteroatoms. The van der Waals surface area contributed by atoms with E-state index in [1.807, 2.05) is 0 Å². The van der Waals surface area contributed by atoms with Crippen molar-refractivity contribution in [1.29, 1.82) is 0 Å². The van der Waals surface area contributed by atoms with Crippen LogP contribution in [0.4, 0.5) is 0 Å². The first-order chi connectivity index (χ1) is 12.6. The van der Waals surface area contributed by atoms with E-state index in [2.05, 4.69) is 37.5 Å². The van der Waals surface area contributed by atoms with Gasteiger partial charge in [-0.1, -0.05) is 72.6 Å². The highest BCUT2D eigenvalue weighted by Crippen LogP contribution is 2.23. The topological polar surface area (TPSA) is 58.5 Å². The Labute approximate surface area is 165 Å². The van der Waals surface area contributed by atoms with Crippen molar-refractivity contribution < 1.29 is 0 Å². The fourth-order valence-corrected chi connectivity index (χ4v) is 3.86. The molecule has 0 aromatic rings. The molecule has 0 aromatic heterocycles. The Bertz CT molecular complexity index is 255. The third kappa shape index (κ3) is 15.0. The van der Waals surface area contributed by atoms with Crippen LogP contribution in [0.5, 0.6) is 0 Å². The van der Waals surface area contributed by atoms with Gasteiger partial charge in [0.05, 0.1) is 6.17 Å². The summed E-state index contributed by atoms with van der Waals surface area (Å²) in [7, 11) is 0. The number of hydrogen-bond donors (Lipinski definition) is 2. The summed E-state index contributed by atoms with van der Waals surface area (Å²) in [6, 6.07) is 0. The minimum atomic E-state index is -0.128. The predicted octanol–water partition coefficient (Wildman–Crippen LogP) is 4.43. The Kier molecular flexibility index (Phi) is 18.1. The molecule has 4 N–H and O–H groups in total. The second-order valence-corrected chi connectivity index (χ2v) is 7.86. The zero-order chi connectivity index (χ0) is 19.6. The number of nitrogens with zero attached hydrogens (tertiary/aromatic N) is 2. The molecule has 0 spiro atoms. The van der Waals surface area contributed by atoms with Gasteiger partial charge in [0.15, 0.2) is 0 Å². The molecule has 0 atom stereocenters. The van der Waals surface area contributed by atoms with Gasteiger partial charge >= 0.3 is 0 Å². The van der Waals surface area contributed by atoms with Crippen LogP contribution in [0.25, 0.3) is 0 Å². The van der Waals surface area contributed by atoms with Crippen LogP contribution in [0.1, 0.15) is 91.9 Å². The van der Waals surface area contributed by atoms with Crippen LogP contribution in [0, 0.1) is 5.92 Å². The summed E-state index contributed by atoms with van der Waals surface area (Å²) in [4.78, 5) is 5.09. The van der Waals surface area contributed by atoms with Crippen molar-refractivity contribution in [2.45, 2.75) is 98.1 Å². The standard InChI is InChI=1S/C22H50N4/c1-5-25(6-2)19-13-11-16-21(15-9-10-18-22(23)24)17-12-14-20-26(7-3)8-4/h21-22H,5-20,23-24H2,1-4H3/i25+2,26+2. The molecule has 4 nitrogen and oxygen atoms in total. The van der Waals surface area contributed by atoms with Crippen molar-refractivity contribution >= 4 is 0 Å². The molecule has 0 aromatic carbocycles. The van der Waals surface area contributed by atoms with Crippen LogP contribution in [-0.2, 0) is 0 Å². The van der Waals surface area contributed by atoms with Crippen molar-refractivity contribution in [1.82, 2.24) is 9.80 Å². The highest BCUT2D eigenvalue weighted by molar-refractivity contribution is 4.64. The largest absolute Gasteiger partial charge is 0.316 e. The fourth-order valence-electron chi connectivity index (χ4n) is 3.86. The van der Waals surface area contributed by atoms with Crippen molar-refractivity contribution in [3.63, 3.8) is 0 Å². The summed E-state index contributed by atoms with van der Waals surface area (Å²) in [6.45, 7) is 16.3. The van der Waals surface area contributed by atoms with Crippen LogP contribution in [0.2, 0.25) is 0 Å². The molecule has 0 saturated heterocycles. The molecule has 0 radical (unpaired) electrons. The van der Waals surface area contributed by atoms with Crippen molar-refractivity contribution in [3.8, 4) is 0 Å². The summed E-state index contributed by atoms with van der Waals surface area (Å²) >= 11 is 0. The maximum absolute atomic E-state index is 5.68. The van der Waals surface area contributed by atoms with E-state index >= 15 is 0 Å². The first-order valence-electron chi connectivity index (χ1n) is 11.5. The summed E-state index contributed by atoms with van der Waals surface area (Å²) in [5.74, 6) is 0.900. The lowest BCUT2D eigenvalue weighted by molar-refractivity contribution is 0.277. The van der Waals surface area contributed by atoms with Gasteiger partial charge in [0.2, 0.25) is 0 Å². The molecule has 158 valence electrons. The van der Waals surface area contributed by atoms with Crippen LogP contribution >= 0.6 is 0 Å². The van der Waals surface area contributed by atoms with E-state index in [1.54, 1.807) is 0 Å². The van der Waals surface area contributed by atoms with Gasteiger partial charge in [-0.05, 0) is 64.4 Å². The van der Waals surface area contributed by atoms with E-state index < -0.39 is 0 Å². The third-order valence-corrected chi connectivity index (χ3v) is 5.86. The van der Waals surface area contributed by atoms with Gasteiger partial charge in [0.1, 0.15) is 0 Å². The summed E-state index contributed by atoms with van der Waals surface area (Å²) < 4.78 is 0. The lowest BCUT2D eigenvalue weighted by Crippen LogP contribution is -2.29. The summed E-state index contributed by atoms with van der Waals surface area (Å²) in [6.07, 6.45) is 13.0. The highest BCUT2D eigenvalue weighted by Gasteiger charge is 2.10. The minimum Gasteiger partial charge on any atom is -0.316 e. The molecule has 0 saturated carbocycles. The molecule has 0 aliphatic heterocycles. The minimum absolute atomic E-state index is 0.128. The Morgan fingerprint density at radius 1 is 0.538 bits per heavy atom. The summed E-state index contributed by atoms with van der Waals surface area (Å²) in [5, 5.41) is 0. The van der Waals surface area contributed by atoms with E-state index in [0.29, 0.717) is 0 Å². The van der Waals surface area contributed by atoms with Crippen molar-refractivity contribution in [3.05, 3.63) is 0 Å². The molecule has 0 amide bonds. The van der Waals surface area contributed by atoms with Gasteiger partial charge in [0, 0.05) is 0 Å². The number of unbranched alkanes of at least 4 members (excludes halogenated alkanes) is 3. The zero-order valence-corrected chi connectivity index (χ0v) is 18.5. The smallest absolute Gasteiger partial charge is 0.0520 e. The van der Waals surface area contributed by atoms with Gasteiger partial charge in [-0.25, -0.2) is 0 Å². The van der Waals surface area contributed by atoms with E-state index in [4.69, 9.17) is 11.5 Å². The number of hydrogen-bond acceptors (Lipinski definition) is 4. The molecule has 0 fully saturated rings. The first-order valence-corrected chi connectivity index (χ1v) is 11.5. The van der Waals surface area contributed by atoms with Crippen molar-refractivity contribution in [2.75, 3.05) is 39.3 Å². The van der Waals surface area contributed by atoms with Gasteiger partial charge in [-0.2, -0.15) is 0 Å². The van der Waals surface area contributed by atoms with E-state index in [9.17, 15) is 0 Å². The average Bonchev–Trinajstić information content (AvgIpc) is 2.64. The lowest BCUT2D eigenvalue weighted by atomic mass is 9.90. The predicted molar refractivity (Wildman–Crippen MR) is 117 cm³/mol. The number of rotatable bonds is 19. The monoisotopic (exact) mass is 374 g/mol. The molecule has 26 heavy (non-hydrogen) atoms. The second kappa shape index (κ2) is 18.2. The van der Waals surface area contributed by atoms with Gasteiger partial charge in [-0.15, -0.1) is 0 Å². The van der Waals surface area contributed by atoms with Crippen LogP contribution in [-0.4, -0.2) is 55.2 Å². The average molecular weight is 375 g/mol. The van der Waals surface area contributed by atoms with Gasteiger partial charge < -0.3 is 21.3 Å². The quantitative estimate of drug-likeness (QED) is 0.259. The molecule has 0 aliphatic rings. The first kappa shape index (κ1) is 25.8. The maximum atomic E-state index is 5.68. The van der Waals surface area contributed by atoms with Gasteiger partial charge in [-0.3, -0.25) is 0 Å². The molecule has 0 unspecified atom stereocenters. The molecule has 0 bridgehead atoms. The van der Waals surface area contributed by atoms with Crippen LogP contribution in [0.3, 0.4) is 0 Å². The van der Waals surface area contributed by atoms with Crippen LogP contribution < -0.4 is 11.5 Å². The second-order valence-electron chi connectivity index (χ2n) is 7.86. The van der Waals surface area contributed by atoms with Crippen LogP contribution in [0.15, 0.2) is 0 Å². The van der Waals surface area contributed by atoms with E-state index in [-0.39, 0.29) is 6.17 Å². The van der Waals surface area contributed by atoms with Crippen molar-refractivity contribution in [2.24, 2.45) is 17.4 Å². The van der Waals surface area contributed by atoms with E-state index in [0.717, 1.165) is 12.3 Å². The normalized spacial score (nSPS) is 12.2. The Hall–Kier alpha value is -0.160. The highest BCUT2D eigenvalue weighted by atomic mass is 16.7. The molecule has 0 heterocycles. The Morgan fingerprint density at radius 3 is 1.23 bits per heavy atom. The summed E-state index contributed by atoms with van der Waals surface area (Å²) in [5.41, 5.74) is 11.4. The third-order valence-electron chi connectivity index (χ3n) is 5.86. The molecule has 0 aliphatic carbocycles. The molecular formula is C22H50N4. The van der Waals surface area contributed by atoms with E-state index in [1.165, 1.54) is 97.1 Å². The van der Waals surface area contributed by atoms with Gasteiger partial charge in [0.25, 0.3) is 0 Å². The number of nitrogens with two attached hydrogens (primary N) is 2. The molecule has 0 rings (SSSR count). The Balaban J connectivity index is 4.07. The lowest BCUT2D eigenvalue weighted by Gasteiger charge is -2.21. The Morgan fingerprint density at radius 2 is 0.885 bits per heavy atom. The molecular weight excluding hydrogens is 324 g/mol. The fraction of sp³-hybridized carbons (Fsp3) is 1.00. The maximum Gasteiger partial charge on any atom is 0.0520 e. The SMILES string of the molecule is CC[16N](CC)CCCCC(CCCCC(N)N)CCCC[16N](CC)CC.